The number of anilines is 1. The van der Waals surface area contributed by atoms with Crippen LogP contribution in [0.3, 0.4) is 0 Å². The highest BCUT2D eigenvalue weighted by Gasteiger charge is 2.30. The van der Waals surface area contributed by atoms with Gasteiger partial charge in [0.15, 0.2) is 6.61 Å². The summed E-state index contributed by atoms with van der Waals surface area (Å²) in [5.74, 6) is 0.200. The normalized spacial score (nSPS) is 13.0. The molecule has 3 aromatic rings. The summed E-state index contributed by atoms with van der Waals surface area (Å²) in [6.45, 7) is 2.39. The van der Waals surface area contributed by atoms with E-state index in [9.17, 15) is 13.2 Å². The first-order valence-electron chi connectivity index (χ1n) is 9.95. The maximum Gasteiger partial charge on any atom is 0.264 e. The van der Waals surface area contributed by atoms with E-state index in [2.05, 4.69) is 10.3 Å². The number of nitrogens with one attached hydrogen (secondary N) is 1. The van der Waals surface area contributed by atoms with E-state index in [4.69, 9.17) is 4.74 Å². The fourth-order valence-corrected chi connectivity index (χ4v) is 5.12. The number of pyridine rings is 1. The third-order valence-corrected chi connectivity index (χ3v) is 6.96. The summed E-state index contributed by atoms with van der Waals surface area (Å²) in [7, 11) is -3.67. The molecule has 160 valence electrons. The van der Waals surface area contributed by atoms with Crippen molar-refractivity contribution < 1.29 is 17.9 Å². The first kappa shape index (κ1) is 20.9. The molecule has 0 saturated heterocycles. The van der Waals surface area contributed by atoms with Gasteiger partial charge in [-0.1, -0.05) is 24.3 Å². The van der Waals surface area contributed by atoms with E-state index in [0.29, 0.717) is 30.8 Å². The molecule has 7 nitrogen and oxygen atoms in total. The predicted octanol–water partition coefficient (Wildman–Crippen LogP) is 2.84. The second-order valence-corrected chi connectivity index (χ2v) is 9.17. The van der Waals surface area contributed by atoms with Crippen LogP contribution >= 0.6 is 0 Å². The smallest absolute Gasteiger partial charge is 0.264 e. The highest BCUT2D eigenvalue weighted by Crippen LogP contribution is 2.33. The molecule has 0 bridgehead atoms. The van der Waals surface area contributed by atoms with Crippen LogP contribution in [0.2, 0.25) is 0 Å². The Hall–Kier alpha value is -3.39. The third kappa shape index (κ3) is 4.54. The lowest BCUT2D eigenvalue weighted by molar-refractivity contribution is -0.123. The van der Waals surface area contributed by atoms with E-state index in [0.717, 1.165) is 16.8 Å². The minimum atomic E-state index is -3.67. The maximum atomic E-state index is 13.2. The van der Waals surface area contributed by atoms with Crippen molar-refractivity contribution in [2.24, 2.45) is 0 Å². The number of hydrogen-bond acceptors (Lipinski definition) is 5. The Kier molecular flexibility index (Phi) is 5.90. The van der Waals surface area contributed by atoms with Crippen LogP contribution in [0.4, 0.5) is 5.69 Å². The van der Waals surface area contributed by atoms with E-state index in [1.54, 1.807) is 37.5 Å². The molecular weight excluding hydrogens is 414 g/mol. The van der Waals surface area contributed by atoms with Gasteiger partial charge in [-0.2, -0.15) is 0 Å². The number of ether oxygens (including phenoxy) is 1. The van der Waals surface area contributed by atoms with Crippen LogP contribution in [0.25, 0.3) is 0 Å². The number of para-hydroxylation sites is 1. The van der Waals surface area contributed by atoms with Crippen molar-refractivity contribution in [3.63, 3.8) is 0 Å². The summed E-state index contributed by atoms with van der Waals surface area (Å²) < 4.78 is 33.4. The molecule has 1 N–H and O–H groups in total. The van der Waals surface area contributed by atoms with Gasteiger partial charge in [-0.15, -0.1) is 0 Å². The predicted molar refractivity (Wildman–Crippen MR) is 117 cm³/mol. The van der Waals surface area contributed by atoms with Crippen molar-refractivity contribution >= 4 is 21.6 Å². The molecule has 0 spiro atoms. The number of carbonyl (C=O) groups is 1. The molecule has 2 heterocycles. The first-order chi connectivity index (χ1) is 14.9. The van der Waals surface area contributed by atoms with Crippen molar-refractivity contribution in [1.82, 2.24) is 10.3 Å². The molecule has 0 unspecified atom stereocenters. The highest BCUT2D eigenvalue weighted by molar-refractivity contribution is 7.92. The summed E-state index contributed by atoms with van der Waals surface area (Å²) in [5.41, 5.74) is 3.30. The Morgan fingerprint density at radius 2 is 2.00 bits per heavy atom. The Balaban J connectivity index is 1.41. The molecule has 31 heavy (non-hydrogen) atoms. The van der Waals surface area contributed by atoms with Crippen LogP contribution in [-0.4, -0.2) is 32.5 Å². The lowest BCUT2D eigenvalue weighted by atomic mass is 10.2. The van der Waals surface area contributed by atoms with Gasteiger partial charge in [0.2, 0.25) is 0 Å². The van der Waals surface area contributed by atoms with E-state index in [1.165, 1.54) is 10.4 Å². The molecular formula is C23H23N3O4S. The molecule has 0 radical (unpaired) electrons. The zero-order chi connectivity index (χ0) is 21.8. The first-order valence-corrected chi connectivity index (χ1v) is 11.4. The minimum Gasteiger partial charge on any atom is -0.484 e. The Morgan fingerprint density at radius 3 is 2.77 bits per heavy atom. The monoisotopic (exact) mass is 437 g/mol. The second-order valence-electron chi connectivity index (χ2n) is 7.31. The summed E-state index contributed by atoms with van der Waals surface area (Å²) in [4.78, 5) is 16.3. The average Bonchev–Trinajstić information content (AvgIpc) is 3.22. The largest absolute Gasteiger partial charge is 0.484 e. The number of amides is 1. The van der Waals surface area contributed by atoms with Gasteiger partial charge in [-0.05, 0) is 60.4 Å². The van der Waals surface area contributed by atoms with E-state index >= 15 is 0 Å². The third-order valence-electron chi connectivity index (χ3n) is 5.15. The summed E-state index contributed by atoms with van der Waals surface area (Å²) in [6, 6.07) is 15.9. The van der Waals surface area contributed by atoms with Gasteiger partial charge in [0.1, 0.15) is 5.75 Å². The van der Waals surface area contributed by atoms with Crippen LogP contribution in [0, 0.1) is 6.92 Å². The number of aromatic nitrogens is 1. The molecule has 0 atom stereocenters. The van der Waals surface area contributed by atoms with Crippen molar-refractivity contribution in [2.45, 2.75) is 24.8 Å². The van der Waals surface area contributed by atoms with E-state index in [-0.39, 0.29) is 17.4 Å². The fourth-order valence-electron chi connectivity index (χ4n) is 3.53. The number of carbonyl (C=O) groups excluding carboxylic acids is 1. The van der Waals surface area contributed by atoms with Crippen LogP contribution in [0.5, 0.6) is 5.75 Å². The standard InChI is InChI=1S/C23H23N3O4S/c1-17-13-20(31(28,29)26-12-10-19-6-2-3-7-21(19)26)8-9-22(17)30-16-23(27)25-15-18-5-4-11-24-14-18/h2-9,11,13-14H,10,12,15-16H2,1H3,(H,25,27). The molecule has 2 aromatic carbocycles. The van der Waals surface area contributed by atoms with Crippen molar-refractivity contribution in [3.05, 3.63) is 83.7 Å². The average molecular weight is 438 g/mol. The number of fused-ring (bicyclic) bond motifs is 1. The SMILES string of the molecule is Cc1cc(S(=O)(=O)N2CCc3ccccc32)ccc1OCC(=O)NCc1cccnc1. The molecule has 0 aliphatic carbocycles. The fraction of sp³-hybridized carbons (Fsp3) is 0.217. The van der Waals surface area contributed by atoms with Crippen molar-refractivity contribution in [1.29, 1.82) is 0 Å². The van der Waals surface area contributed by atoms with E-state index in [1.807, 2.05) is 30.3 Å². The lowest BCUT2D eigenvalue weighted by Crippen LogP contribution is -2.29. The van der Waals surface area contributed by atoms with Gasteiger partial charge in [-0.3, -0.25) is 14.1 Å². The summed E-state index contributed by atoms with van der Waals surface area (Å²) >= 11 is 0. The number of sulfonamides is 1. The highest BCUT2D eigenvalue weighted by atomic mass is 32.2. The summed E-state index contributed by atoms with van der Waals surface area (Å²) in [5, 5.41) is 2.76. The van der Waals surface area contributed by atoms with Crippen molar-refractivity contribution in [3.8, 4) is 5.75 Å². The molecule has 1 aromatic heterocycles. The molecule has 0 fully saturated rings. The molecule has 8 heteroatoms. The number of benzene rings is 2. The Bertz CT molecular complexity index is 1200. The second kappa shape index (κ2) is 8.77. The number of hydrogen-bond donors (Lipinski definition) is 1. The van der Waals surface area contributed by atoms with Gasteiger partial charge >= 0.3 is 0 Å². The summed E-state index contributed by atoms with van der Waals surface area (Å²) in [6.07, 6.45) is 4.05. The zero-order valence-electron chi connectivity index (χ0n) is 17.1. The van der Waals surface area contributed by atoms with Gasteiger partial charge in [0.05, 0.1) is 10.6 Å². The van der Waals surface area contributed by atoms with Gasteiger partial charge in [0, 0.05) is 25.5 Å². The molecule has 0 saturated carbocycles. The minimum absolute atomic E-state index is 0.160. The van der Waals surface area contributed by atoms with Gasteiger partial charge in [-0.25, -0.2) is 8.42 Å². The van der Waals surface area contributed by atoms with Gasteiger partial charge < -0.3 is 10.1 Å². The number of aryl methyl sites for hydroxylation is 1. The Morgan fingerprint density at radius 1 is 1.16 bits per heavy atom. The van der Waals surface area contributed by atoms with Crippen LogP contribution in [-0.2, 0) is 27.8 Å². The molecule has 1 aliphatic heterocycles. The van der Waals surface area contributed by atoms with E-state index < -0.39 is 10.0 Å². The maximum absolute atomic E-state index is 13.2. The van der Waals surface area contributed by atoms with Crippen LogP contribution < -0.4 is 14.4 Å². The zero-order valence-corrected chi connectivity index (χ0v) is 17.9. The lowest BCUT2D eigenvalue weighted by Gasteiger charge is -2.20. The van der Waals surface area contributed by atoms with Crippen LogP contribution in [0.15, 0.2) is 71.9 Å². The topological polar surface area (TPSA) is 88.6 Å². The molecule has 4 rings (SSSR count). The van der Waals surface area contributed by atoms with Crippen molar-refractivity contribution in [2.75, 3.05) is 17.5 Å². The quantitative estimate of drug-likeness (QED) is 0.614. The number of rotatable bonds is 7. The molecule has 1 amide bonds. The Labute approximate surface area is 181 Å². The molecule has 1 aliphatic rings. The van der Waals surface area contributed by atoms with Gasteiger partial charge in [0.25, 0.3) is 15.9 Å². The van der Waals surface area contributed by atoms with Crippen LogP contribution in [0.1, 0.15) is 16.7 Å². The number of nitrogens with zero attached hydrogens (tertiary/aromatic N) is 2.